The largest absolute Gasteiger partial charge is 0.480 e. The smallest absolute Gasteiger partial charge is 0.326 e. The molecule has 0 unspecified atom stereocenters. The first-order valence-corrected chi connectivity index (χ1v) is 14.2. The number of thiophene rings is 1. The molecule has 0 saturated carbocycles. The molecule has 0 fully saturated rings. The van der Waals surface area contributed by atoms with Crippen molar-refractivity contribution >= 4 is 45.1 Å². The number of hydrogen-bond donors (Lipinski definition) is 2. The number of carboxylic acids is 1. The minimum atomic E-state index is -1.12. The lowest BCUT2D eigenvalue weighted by atomic mass is 9.95. The van der Waals surface area contributed by atoms with Crippen LogP contribution in [0.1, 0.15) is 68.6 Å². The Bertz CT molecular complexity index is 1330. The number of carboxylic acid groups (broad SMARTS) is 1. The highest BCUT2D eigenvalue weighted by molar-refractivity contribution is 9.10. The number of benzene rings is 1. The Kier molecular flexibility index (Phi) is 9.33. The summed E-state index contributed by atoms with van der Waals surface area (Å²) in [5.74, 6) is -1.38. The standard InChI is InChI=1S/C29H35BrN4O4S/c1-17(27(37)38)34(29(5,6)7)26(36)21(33-25(35)22-12-13-23(39-22)28(2,3)4)14-18-8-10-19(11-9-18)24-31-15-20(30)16-32-24/h8-13,15-17,21H,14H2,1-7H3,(H,33,35)(H,37,38)/t17-,21+/m1/s1. The van der Waals surface area contributed by atoms with E-state index in [2.05, 4.69) is 52.0 Å². The zero-order valence-corrected chi connectivity index (χ0v) is 25.7. The Hall–Kier alpha value is -3.11. The molecular weight excluding hydrogens is 580 g/mol. The Morgan fingerprint density at radius 2 is 1.59 bits per heavy atom. The Morgan fingerprint density at radius 1 is 1.00 bits per heavy atom. The van der Waals surface area contributed by atoms with Gasteiger partial charge in [0.05, 0.1) is 9.35 Å². The maximum absolute atomic E-state index is 13.9. The first-order chi connectivity index (χ1) is 18.1. The summed E-state index contributed by atoms with van der Waals surface area (Å²) < 4.78 is 0.777. The predicted molar refractivity (Wildman–Crippen MR) is 157 cm³/mol. The van der Waals surface area contributed by atoms with E-state index in [0.717, 1.165) is 20.5 Å². The van der Waals surface area contributed by atoms with Crippen molar-refractivity contribution in [2.75, 3.05) is 0 Å². The quantitative estimate of drug-likeness (QED) is 0.336. The van der Waals surface area contributed by atoms with Crippen molar-refractivity contribution in [3.05, 3.63) is 68.6 Å². The first kappa shape index (κ1) is 30.4. The maximum atomic E-state index is 13.9. The number of aliphatic carboxylic acids is 1. The third kappa shape index (κ3) is 7.73. The highest BCUT2D eigenvalue weighted by Crippen LogP contribution is 2.30. The van der Waals surface area contributed by atoms with Gasteiger partial charge in [0.2, 0.25) is 5.91 Å². The van der Waals surface area contributed by atoms with Crippen molar-refractivity contribution in [3.63, 3.8) is 0 Å². The van der Waals surface area contributed by atoms with E-state index in [0.29, 0.717) is 10.7 Å². The summed E-state index contributed by atoms with van der Waals surface area (Å²) in [5.41, 5.74) is 0.706. The number of hydrogen-bond acceptors (Lipinski definition) is 6. The molecule has 2 atom stereocenters. The van der Waals surface area contributed by atoms with Gasteiger partial charge in [0.25, 0.3) is 5.91 Å². The Labute approximate surface area is 242 Å². The van der Waals surface area contributed by atoms with E-state index in [4.69, 9.17) is 0 Å². The fourth-order valence-corrected chi connectivity index (χ4v) is 5.33. The van der Waals surface area contributed by atoms with Crippen molar-refractivity contribution in [2.45, 2.75) is 77.9 Å². The van der Waals surface area contributed by atoms with Crippen molar-refractivity contribution in [1.82, 2.24) is 20.2 Å². The molecule has 208 valence electrons. The summed E-state index contributed by atoms with van der Waals surface area (Å²) in [6.07, 6.45) is 3.52. The molecule has 0 aliphatic rings. The SMILES string of the molecule is C[C@H](C(=O)O)N(C(=O)[C@H](Cc1ccc(-c2ncc(Br)cn2)cc1)NC(=O)c1ccc(C(C)(C)C)s1)C(C)(C)C. The van der Waals surface area contributed by atoms with E-state index in [9.17, 15) is 19.5 Å². The predicted octanol–water partition coefficient (Wildman–Crippen LogP) is 5.71. The van der Waals surface area contributed by atoms with Crippen LogP contribution in [0.3, 0.4) is 0 Å². The molecule has 3 rings (SSSR count). The van der Waals surface area contributed by atoms with Crippen molar-refractivity contribution in [1.29, 1.82) is 0 Å². The van der Waals surface area contributed by atoms with E-state index in [1.807, 2.05) is 30.3 Å². The molecule has 0 aliphatic heterocycles. The van der Waals surface area contributed by atoms with Gasteiger partial charge in [-0.3, -0.25) is 9.59 Å². The third-order valence-electron chi connectivity index (χ3n) is 6.15. The Morgan fingerprint density at radius 3 is 2.08 bits per heavy atom. The molecule has 2 aromatic heterocycles. The van der Waals surface area contributed by atoms with E-state index < -0.39 is 29.5 Å². The van der Waals surface area contributed by atoms with Crippen LogP contribution in [0.5, 0.6) is 0 Å². The van der Waals surface area contributed by atoms with Crippen LogP contribution in [0.2, 0.25) is 0 Å². The van der Waals surface area contributed by atoms with Gasteiger partial charge in [0, 0.05) is 34.8 Å². The fourth-order valence-electron chi connectivity index (χ4n) is 4.16. The number of nitrogens with one attached hydrogen (secondary N) is 1. The van der Waals surface area contributed by atoms with Crippen LogP contribution in [0.15, 0.2) is 53.3 Å². The average Bonchev–Trinajstić information content (AvgIpc) is 3.35. The topological polar surface area (TPSA) is 112 Å². The van der Waals surface area contributed by atoms with Crippen LogP contribution in [-0.2, 0) is 21.4 Å². The zero-order chi connectivity index (χ0) is 29.1. The van der Waals surface area contributed by atoms with Crippen LogP contribution in [0.4, 0.5) is 0 Å². The van der Waals surface area contributed by atoms with Gasteiger partial charge < -0.3 is 15.3 Å². The van der Waals surface area contributed by atoms with Crippen molar-refractivity contribution in [2.24, 2.45) is 0 Å². The minimum Gasteiger partial charge on any atom is -0.480 e. The molecule has 8 nitrogen and oxygen atoms in total. The fraction of sp³-hybridized carbons (Fsp3) is 0.414. The van der Waals surface area contributed by atoms with E-state index in [-0.39, 0.29) is 17.7 Å². The number of aromatic nitrogens is 2. The Balaban J connectivity index is 1.93. The molecule has 2 heterocycles. The lowest BCUT2D eigenvalue weighted by Gasteiger charge is -2.40. The maximum Gasteiger partial charge on any atom is 0.326 e. The van der Waals surface area contributed by atoms with Gasteiger partial charge in [-0.15, -0.1) is 11.3 Å². The summed E-state index contributed by atoms with van der Waals surface area (Å²) in [6, 6.07) is 9.06. The first-order valence-electron chi connectivity index (χ1n) is 12.6. The second-order valence-corrected chi connectivity index (χ2v) is 13.5. The van der Waals surface area contributed by atoms with E-state index in [1.165, 1.54) is 23.2 Å². The zero-order valence-electron chi connectivity index (χ0n) is 23.3. The molecule has 0 bridgehead atoms. The average molecular weight is 616 g/mol. The number of halogens is 1. The normalized spacial score (nSPS) is 13.4. The van der Waals surface area contributed by atoms with Gasteiger partial charge >= 0.3 is 5.97 Å². The number of amides is 2. The molecule has 0 aliphatic carbocycles. The van der Waals surface area contributed by atoms with Gasteiger partial charge in [-0.2, -0.15) is 0 Å². The molecule has 2 amide bonds. The highest BCUT2D eigenvalue weighted by atomic mass is 79.9. The number of nitrogens with zero attached hydrogens (tertiary/aromatic N) is 3. The molecule has 0 radical (unpaired) electrons. The van der Waals surface area contributed by atoms with Gasteiger partial charge in [-0.05, 0) is 66.7 Å². The van der Waals surface area contributed by atoms with Crippen LogP contribution in [-0.4, -0.2) is 55.4 Å². The van der Waals surface area contributed by atoms with Crippen molar-refractivity contribution in [3.8, 4) is 11.4 Å². The molecule has 10 heteroatoms. The molecule has 0 saturated heterocycles. The summed E-state index contributed by atoms with van der Waals surface area (Å²) in [4.78, 5) is 50.7. The molecule has 1 aromatic carbocycles. The second kappa shape index (κ2) is 12.0. The molecule has 39 heavy (non-hydrogen) atoms. The molecule has 2 N–H and O–H groups in total. The second-order valence-electron chi connectivity index (χ2n) is 11.5. The lowest BCUT2D eigenvalue weighted by Crippen LogP contribution is -2.60. The summed E-state index contributed by atoms with van der Waals surface area (Å²) in [7, 11) is 0. The molecule has 3 aromatic rings. The van der Waals surface area contributed by atoms with Crippen LogP contribution in [0.25, 0.3) is 11.4 Å². The van der Waals surface area contributed by atoms with E-state index >= 15 is 0 Å². The summed E-state index contributed by atoms with van der Waals surface area (Å²) in [5, 5.41) is 12.6. The van der Waals surface area contributed by atoms with Crippen molar-refractivity contribution < 1.29 is 19.5 Å². The summed E-state index contributed by atoms with van der Waals surface area (Å²) >= 11 is 4.72. The monoisotopic (exact) mass is 614 g/mol. The highest BCUT2D eigenvalue weighted by Gasteiger charge is 2.39. The summed E-state index contributed by atoms with van der Waals surface area (Å²) in [6.45, 7) is 13.0. The minimum absolute atomic E-state index is 0.112. The van der Waals surface area contributed by atoms with E-state index in [1.54, 1.807) is 39.2 Å². The number of rotatable bonds is 8. The molecular formula is C29H35BrN4O4S. The van der Waals surface area contributed by atoms with Gasteiger partial charge in [-0.1, -0.05) is 45.0 Å². The van der Waals surface area contributed by atoms with Crippen LogP contribution in [0, 0.1) is 0 Å². The lowest BCUT2D eigenvalue weighted by molar-refractivity contribution is -0.155. The van der Waals surface area contributed by atoms with Crippen LogP contribution >= 0.6 is 27.3 Å². The van der Waals surface area contributed by atoms with Gasteiger partial charge in [0.1, 0.15) is 12.1 Å². The van der Waals surface area contributed by atoms with Gasteiger partial charge in [-0.25, -0.2) is 14.8 Å². The number of carbonyl (C=O) groups is 3. The van der Waals surface area contributed by atoms with Crippen LogP contribution < -0.4 is 5.32 Å². The number of carbonyl (C=O) groups excluding carboxylic acids is 2. The molecule has 0 spiro atoms. The third-order valence-corrected chi connectivity index (χ3v) is 8.07. The van der Waals surface area contributed by atoms with Gasteiger partial charge in [0.15, 0.2) is 5.82 Å².